The lowest BCUT2D eigenvalue weighted by molar-refractivity contribution is -0.534. The minimum Gasteiger partial charge on any atom is -0.264 e. The van der Waals surface area contributed by atoms with Gasteiger partial charge in [-0.25, -0.2) is 0 Å². The molecule has 0 amide bonds. The zero-order chi connectivity index (χ0) is 11.6. The van der Waals surface area contributed by atoms with Crippen LogP contribution >= 0.6 is 0 Å². The number of rotatable bonds is 3. The van der Waals surface area contributed by atoms with E-state index in [4.69, 9.17) is 5.26 Å². The van der Waals surface area contributed by atoms with E-state index < -0.39 is 6.04 Å². The average Bonchev–Trinajstić information content (AvgIpc) is 2.39. The van der Waals surface area contributed by atoms with Gasteiger partial charge in [0.15, 0.2) is 0 Å². The third-order valence-corrected chi connectivity index (χ3v) is 4.17. The topological polar surface area (TPSA) is 66.9 Å². The fourth-order valence-corrected chi connectivity index (χ4v) is 2.68. The van der Waals surface area contributed by atoms with E-state index >= 15 is 0 Å². The molecule has 1 fully saturated rings. The molecule has 1 unspecified atom stereocenters. The van der Waals surface area contributed by atoms with Gasteiger partial charge in [0.2, 0.25) is 6.04 Å². The molecule has 0 aromatic rings. The molecule has 3 atom stereocenters. The van der Waals surface area contributed by atoms with Crippen LogP contribution in [0.5, 0.6) is 0 Å². The third kappa shape index (κ3) is 2.11. The minimum absolute atomic E-state index is 0.0193. The van der Waals surface area contributed by atoms with Gasteiger partial charge in [0.25, 0.3) is 0 Å². The molecular formula is C11H18N2O2. The van der Waals surface area contributed by atoms with E-state index in [9.17, 15) is 10.1 Å². The zero-order valence-electron chi connectivity index (χ0n) is 9.56. The standard InChI is InChI=1S/C11H18N2O2/c1-8-4-5-9(11(8,2)3)10(6-7-12)13(14)15/h8-10H,4-6H2,1-3H3/t8-,9-,10?/m1/s1. The van der Waals surface area contributed by atoms with Crippen molar-refractivity contribution in [3.05, 3.63) is 10.1 Å². The molecule has 0 aromatic carbocycles. The fraction of sp³-hybridized carbons (Fsp3) is 0.909. The molecule has 0 aromatic heterocycles. The summed E-state index contributed by atoms with van der Waals surface area (Å²) in [6.07, 6.45) is 1.95. The summed E-state index contributed by atoms with van der Waals surface area (Å²) in [5.41, 5.74) is -0.0193. The average molecular weight is 210 g/mol. The van der Waals surface area contributed by atoms with Gasteiger partial charge in [0.1, 0.15) is 6.42 Å². The fourth-order valence-electron chi connectivity index (χ4n) is 2.68. The molecule has 1 saturated carbocycles. The molecule has 15 heavy (non-hydrogen) atoms. The smallest absolute Gasteiger partial charge is 0.229 e. The van der Waals surface area contributed by atoms with Crippen molar-refractivity contribution in [3.8, 4) is 6.07 Å². The first kappa shape index (κ1) is 12.0. The number of nitriles is 1. The highest BCUT2D eigenvalue weighted by Crippen LogP contribution is 2.49. The molecule has 0 saturated heterocycles. The van der Waals surface area contributed by atoms with Gasteiger partial charge in [-0.1, -0.05) is 20.8 Å². The number of hydrogen-bond acceptors (Lipinski definition) is 3. The maximum Gasteiger partial charge on any atom is 0.229 e. The molecule has 0 aliphatic heterocycles. The van der Waals surface area contributed by atoms with Crippen LogP contribution in [0.3, 0.4) is 0 Å². The molecule has 84 valence electrons. The quantitative estimate of drug-likeness (QED) is 0.531. The van der Waals surface area contributed by atoms with Crippen LogP contribution in [0.2, 0.25) is 0 Å². The summed E-state index contributed by atoms with van der Waals surface area (Å²) >= 11 is 0. The summed E-state index contributed by atoms with van der Waals surface area (Å²) in [4.78, 5) is 10.7. The first-order valence-corrected chi connectivity index (χ1v) is 5.41. The maximum atomic E-state index is 10.9. The van der Waals surface area contributed by atoms with Crippen LogP contribution in [0, 0.1) is 38.7 Å². The van der Waals surface area contributed by atoms with E-state index in [2.05, 4.69) is 20.8 Å². The van der Waals surface area contributed by atoms with Gasteiger partial charge < -0.3 is 0 Å². The molecule has 0 bridgehead atoms. The van der Waals surface area contributed by atoms with Gasteiger partial charge in [-0.3, -0.25) is 10.1 Å². The number of nitrogens with zero attached hydrogens (tertiary/aromatic N) is 2. The largest absolute Gasteiger partial charge is 0.264 e. The van der Waals surface area contributed by atoms with E-state index in [0.29, 0.717) is 5.92 Å². The van der Waals surface area contributed by atoms with Crippen molar-refractivity contribution in [1.82, 2.24) is 0 Å². The first-order valence-electron chi connectivity index (χ1n) is 5.41. The molecule has 0 spiro atoms. The Labute approximate surface area is 90.4 Å². The third-order valence-electron chi connectivity index (χ3n) is 4.17. The second kappa shape index (κ2) is 4.18. The summed E-state index contributed by atoms with van der Waals surface area (Å²) in [6.45, 7) is 6.32. The van der Waals surface area contributed by atoms with E-state index in [1.807, 2.05) is 6.07 Å². The lowest BCUT2D eigenvalue weighted by atomic mass is 9.73. The Morgan fingerprint density at radius 2 is 2.20 bits per heavy atom. The lowest BCUT2D eigenvalue weighted by Crippen LogP contribution is -2.37. The van der Waals surface area contributed by atoms with E-state index in [-0.39, 0.29) is 22.7 Å². The van der Waals surface area contributed by atoms with Crippen molar-refractivity contribution in [2.24, 2.45) is 17.3 Å². The molecule has 0 N–H and O–H groups in total. The van der Waals surface area contributed by atoms with Gasteiger partial charge in [0, 0.05) is 10.8 Å². The second-order valence-electron chi connectivity index (χ2n) is 5.12. The van der Waals surface area contributed by atoms with Crippen LogP contribution in [-0.4, -0.2) is 11.0 Å². The Hall–Kier alpha value is -1.11. The van der Waals surface area contributed by atoms with E-state index in [0.717, 1.165) is 12.8 Å². The van der Waals surface area contributed by atoms with Crippen molar-refractivity contribution in [2.75, 3.05) is 0 Å². The van der Waals surface area contributed by atoms with Gasteiger partial charge in [-0.2, -0.15) is 5.26 Å². The summed E-state index contributed by atoms with van der Waals surface area (Å²) in [7, 11) is 0. The highest BCUT2D eigenvalue weighted by atomic mass is 16.6. The van der Waals surface area contributed by atoms with Crippen molar-refractivity contribution < 1.29 is 4.92 Å². The second-order valence-corrected chi connectivity index (χ2v) is 5.12. The Bertz CT molecular complexity index is 293. The van der Waals surface area contributed by atoms with Crippen molar-refractivity contribution >= 4 is 0 Å². The van der Waals surface area contributed by atoms with Crippen LogP contribution in [0.1, 0.15) is 40.0 Å². The Kier molecular flexibility index (Phi) is 3.33. The predicted octanol–water partition coefficient (Wildman–Crippen LogP) is 2.62. The van der Waals surface area contributed by atoms with Gasteiger partial charge in [-0.05, 0) is 24.2 Å². The maximum absolute atomic E-state index is 10.9. The molecule has 1 rings (SSSR count). The molecule has 1 aliphatic carbocycles. The molecule has 4 heteroatoms. The van der Waals surface area contributed by atoms with Crippen molar-refractivity contribution in [2.45, 2.75) is 46.1 Å². The SMILES string of the molecule is C[C@@H]1CC[C@H](C(CC#N)[N+](=O)[O-])C1(C)C. The normalized spacial score (nSPS) is 30.8. The zero-order valence-corrected chi connectivity index (χ0v) is 9.56. The molecule has 1 aliphatic rings. The van der Waals surface area contributed by atoms with Gasteiger partial charge >= 0.3 is 0 Å². The lowest BCUT2D eigenvalue weighted by Gasteiger charge is -2.31. The van der Waals surface area contributed by atoms with Crippen LogP contribution in [0.25, 0.3) is 0 Å². The Morgan fingerprint density at radius 3 is 2.53 bits per heavy atom. The highest BCUT2D eigenvalue weighted by Gasteiger charge is 2.48. The first-order chi connectivity index (χ1) is 6.91. The summed E-state index contributed by atoms with van der Waals surface area (Å²) in [5, 5.41) is 19.6. The van der Waals surface area contributed by atoms with Crippen LogP contribution in [0.4, 0.5) is 0 Å². The molecule has 0 radical (unpaired) electrons. The summed E-state index contributed by atoms with van der Waals surface area (Å²) < 4.78 is 0. The predicted molar refractivity (Wildman–Crippen MR) is 56.7 cm³/mol. The molecule has 4 nitrogen and oxygen atoms in total. The summed E-state index contributed by atoms with van der Waals surface area (Å²) in [5.74, 6) is 0.547. The Morgan fingerprint density at radius 1 is 1.60 bits per heavy atom. The van der Waals surface area contributed by atoms with Crippen LogP contribution < -0.4 is 0 Å². The minimum atomic E-state index is -0.685. The van der Waals surface area contributed by atoms with Crippen molar-refractivity contribution in [3.63, 3.8) is 0 Å². The van der Waals surface area contributed by atoms with Crippen LogP contribution in [0.15, 0.2) is 0 Å². The van der Waals surface area contributed by atoms with Gasteiger partial charge in [-0.15, -0.1) is 0 Å². The Balaban J connectivity index is 2.86. The van der Waals surface area contributed by atoms with Crippen LogP contribution in [-0.2, 0) is 0 Å². The summed E-state index contributed by atoms with van der Waals surface area (Å²) in [6, 6.07) is 1.25. The van der Waals surface area contributed by atoms with Gasteiger partial charge in [0.05, 0.1) is 6.07 Å². The molecular weight excluding hydrogens is 192 g/mol. The van der Waals surface area contributed by atoms with Crippen molar-refractivity contribution in [1.29, 1.82) is 5.26 Å². The molecule has 0 heterocycles. The highest BCUT2D eigenvalue weighted by molar-refractivity contribution is 4.95. The monoisotopic (exact) mass is 210 g/mol. The number of hydrogen-bond donors (Lipinski definition) is 0. The number of nitro groups is 1. The van der Waals surface area contributed by atoms with E-state index in [1.165, 1.54) is 0 Å². The van der Waals surface area contributed by atoms with E-state index in [1.54, 1.807) is 0 Å².